The third-order valence-corrected chi connectivity index (χ3v) is 5.36. The minimum atomic E-state index is -1.46. The van der Waals surface area contributed by atoms with Crippen LogP contribution in [0.15, 0.2) is 18.7 Å². The van der Waals surface area contributed by atoms with Crippen LogP contribution >= 0.6 is 11.1 Å². The van der Waals surface area contributed by atoms with Crippen molar-refractivity contribution in [3.8, 4) is 0 Å². The van der Waals surface area contributed by atoms with Crippen LogP contribution in [0.4, 0.5) is 0 Å². The predicted molar refractivity (Wildman–Crippen MR) is 82.6 cm³/mol. The lowest BCUT2D eigenvalue weighted by molar-refractivity contribution is 0.429. The number of hydrogen-bond donors (Lipinski definition) is 0. The lowest BCUT2D eigenvalue weighted by Gasteiger charge is -2.23. The van der Waals surface area contributed by atoms with Crippen molar-refractivity contribution in [1.82, 2.24) is 9.55 Å². The number of rotatable bonds is 9. The standard InChI is InChI=1S/C14H27ClN2Si/c1-4-5-6-7-14(12-18(2,3)15)8-10-17-11-9-16-13-17/h9,11,13-14H,4-8,10,12H2,1-3H3. The molecule has 0 amide bonds. The van der Waals surface area contributed by atoms with Crippen LogP contribution in [-0.2, 0) is 6.54 Å². The zero-order valence-electron chi connectivity index (χ0n) is 12.0. The highest BCUT2D eigenvalue weighted by Gasteiger charge is 2.22. The second-order valence-corrected chi connectivity index (χ2v) is 12.8. The first-order valence-corrected chi connectivity index (χ1v) is 11.4. The summed E-state index contributed by atoms with van der Waals surface area (Å²) in [5, 5.41) is 0. The van der Waals surface area contributed by atoms with Crippen molar-refractivity contribution in [2.24, 2.45) is 5.92 Å². The molecule has 0 bridgehead atoms. The zero-order chi connectivity index (χ0) is 13.4. The smallest absolute Gasteiger partial charge is 0.150 e. The van der Waals surface area contributed by atoms with E-state index in [1.165, 1.54) is 38.1 Å². The van der Waals surface area contributed by atoms with Gasteiger partial charge in [-0.25, -0.2) is 4.98 Å². The molecule has 0 aromatic carbocycles. The molecule has 1 unspecified atom stereocenters. The molecule has 0 aliphatic heterocycles. The lowest BCUT2D eigenvalue weighted by atomic mass is 10.00. The summed E-state index contributed by atoms with van der Waals surface area (Å²) in [6.07, 6.45) is 12.4. The summed E-state index contributed by atoms with van der Waals surface area (Å²) in [6.45, 7) is 7.87. The van der Waals surface area contributed by atoms with Crippen molar-refractivity contribution in [3.63, 3.8) is 0 Å². The van der Waals surface area contributed by atoms with Crippen LogP contribution in [0.25, 0.3) is 0 Å². The van der Waals surface area contributed by atoms with Crippen LogP contribution in [0.1, 0.15) is 39.0 Å². The highest BCUT2D eigenvalue weighted by atomic mass is 35.6. The Labute approximate surface area is 117 Å². The normalized spacial score (nSPS) is 13.8. The van der Waals surface area contributed by atoms with Gasteiger partial charge in [-0.2, -0.15) is 11.1 Å². The molecule has 0 saturated carbocycles. The molecule has 0 fully saturated rings. The SMILES string of the molecule is CCCCCC(CCn1ccnc1)C[Si](C)(C)Cl. The minimum absolute atomic E-state index is 0.790. The molecule has 0 aliphatic rings. The van der Waals surface area contributed by atoms with Gasteiger partial charge in [0.15, 0.2) is 7.38 Å². The second kappa shape index (κ2) is 8.00. The Morgan fingerprint density at radius 1 is 1.28 bits per heavy atom. The molecule has 1 heterocycles. The summed E-state index contributed by atoms with van der Waals surface area (Å²) < 4.78 is 2.18. The monoisotopic (exact) mass is 286 g/mol. The maximum absolute atomic E-state index is 6.52. The molecule has 1 aromatic rings. The Morgan fingerprint density at radius 3 is 2.61 bits per heavy atom. The molecule has 1 atom stereocenters. The van der Waals surface area contributed by atoms with E-state index < -0.39 is 7.38 Å². The fourth-order valence-electron chi connectivity index (χ4n) is 2.47. The van der Waals surface area contributed by atoms with Gasteiger partial charge in [-0.15, -0.1) is 0 Å². The van der Waals surface area contributed by atoms with Gasteiger partial charge in [0.1, 0.15) is 0 Å². The molecular weight excluding hydrogens is 260 g/mol. The number of unbranched alkanes of at least 4 members (excludes halogenated alkanes) is 2. The van der Waals surface area contributed by atoms with E-state index in [0.29, 0.717) is 0 Å². The van der Waals surface area contributed by atoms with Crippen molar-refractivity contribution < 1.29 is 0 Å². The first-order chi connectivity index (χ1) is 8.51. The Bertz CT molecular complexity index is 306. The van der Waals surface area contributed by atoms with Gasteiger partial charge in [0.05, 0.1) is 6.33 Å². The molecule has 18 heavy (non-hydrogen) atoms. The van der Waals surface area contributed by atoms with E-state index in [1.54, 1.807) is 0 Å². The van der Waals surface area contributed by atoms with Gasteiger partial charge >= 0.3 is 0 Å². The van der Waals surface area contributed by atoms with Gasteiger partial charge in [-0.05, 0) is 18.4 Å². The van der Waals surface area contributed by atoms with E-state index >= 15 is 0 Å². The summed E-state index contributed by atoms with van der Waals surface area (Å²) in [6, 6.07) is 1.24. The van der Waals surface area contributed by atoms with E-state index in [1.807, 2.05) is 18.7 Å². The van der Waals surface area contributed by atoms with Gasteiger partial charge in [-0.1, -0.05) is 45.7 Å². The average Bonchev–Trinajstić information content (AvgIpc) is 2.77. The topological polar surface area (TPSA) is 17.8 Å². The molecule has 0 N–H and O–H groups in total. The van der Waals surface area contributed by atoms with Crippen LogP contribution in [-0.4, -0.2) is 16.9 Å². The number of halogens is 1. The third kappa shape index (κ3) is 7.22. The zero-order valence-corrected chi connectivity index (χ0v) is 13.8. The van der Waals surface area contributed by atoms with Crippen molar-refractivity contribution in [1.29, 1.82) is 0 Å². The number of hydrogen-bond acceptors (Lipinski definition) is 1. The largest absolute Gasteiger partial charge is 0.337 e. The molecule has 2 nitrogen and oxygen atoms in total. The van der Waals surface area contributed by atoms with Crippen LogP contribution in [0.3, 0.4) is 0 Å². The molecular formula is C14H27ClN2Si. The summed E-state index contributed by atoms with van der Waals surface area (Å²) in [7, 11) is -1.46. The number of aryl methyl sites for hydroxylation is 1. The quantitative estimate of drug-likeness (QED) is 0.358. The summed E-state index contributed by atoms with van der Waals surface area (Å²) in [5.74, 6) is 0.790. The fraction of sp³-hybridized carbons (Fsp3) is 0.786. The Hall–Kier alpha value is -0.283. The van der Waals surface area contributed by atoms with E-state index in [0.717, 1.165) is 12.5 Å². The third-order valence-electron chi connectivity index (χ3n) is 3.34. The number of nitrogens with zero attached hydrogens (tertiary/aromatic N) is 2. The number of imidazole rings is 1. The summed E-state index contributed by atoms with van der Waals surface area (Å²) >= 11 is 6.52. The highest BCUT2D eigenvalue weighted by molar-refractivity contribution is 7.19. The predicted octanol–water partition coefficient (Wildman–Crippen LogP) is 4.91. The molecule has 1 rings (SSSR count). The van der Waals surface area contributed by atoms with Crippen LogP contribution in [0, 0.1) is 5.92 Å². The van der Waals surface area contributed by atoms with E-state index in [-0.39, 0.29) is 0 Å². The molecule has 0 radical (unpaired) electrons. The summed E-state index contributed by atoms with van der Waals surface area (Å²) in [4.78, 5) is 4.10. The molecule has 4 heteroatoms. The molecule has 1 aromatic heterocycles. The lowest BCUT2D eigenvalue weighted by Crippen LogP contribution is -2.22. The molecule has 0 saturated heterocycles. The molecule has 0 aliphatic carbocycles. The van der Waals surface area contributed by atoms with E-state index in [2.05, 4.69) is 29.6 Å². The fourth-order valence-corrected chi connectivity index (χ4v) is 4.90. The van der Waals surface area contributed by atoms with E-state index in [4.69, 9.17) is 11.1 Å². The van der Waals surface area contributed by atoms with Gasteiger partial charge in [0.25, 0.3) is 0 Å². The van der Waals surface area contributed by atoms with Gasteiger partial charge < -0.3 is 4.57 Å². The Morgan fingerprint density at radius 2 is 2.06 bits per heavy atom. The minimum Gasteiger partial charge on any atom is -0.337 e. The van der Waals surface area contributed by atoms with Crippen LogP contribution in [0.2, 0.25) is 19.1 Å². The summed E-state index contributed by atoms with van der Waals surface area (Å²) in [5.41, 5.74) is 0. The Balaban J connectivity index is 2.38. The molecule has 0 spiro atoms. The molecule has 104 valence electrons. The van der Waals surface area contributed by atoms with Crippen molar-refractivity contribution in [3.05, 3.63) is 18.7 Å². The maximum atomic E-state index is 6.52. The van der Waals surface area contributed by atoms with Crippen molar-refractivity contribution in [2.75, 3.05) is 0 Å². The van der Waals surface area contributed by atoms with Crippen molar-refractivity contribution >= 4 is 18.5 Å². The van der Waals surface area contributed by atoms with Gasteiger partial charge in [-0.3, -0.25) is 0 Å². The van der Waals surface area contributed by atoms with Gasteiger partial charge in [0.2, 0.25) is 0 Å². The van der Waals surface area contributed by atoms with Crippen LogP contribution in [0.5, 0.6) is 0 Å². The van der Waals surface area contributed by atoms with Crippen LogP contribution < -0.4 is 0 Å². The Kier molecular flexibility index (Phi) is 7.01. The average molecular weight is 287 g/mol. The maximum Gasteiger partial charge on any atom is 0.150 e. The number of aromatic nitrogens is 2. The first-order valence-electron chi connectivity index (χ1n) is 7.16. The van der Waals surface area contributed by atoms with Crippen molar-refractivity contribution in [2.45, 2.75) is 64.7 Å². The highest BCUT2D eigenvalue weighted by Crippen LogP contribution is 2.27. The first kappa shape index (κ1) is 15.8. The van der Waals surface area contributed by atoms with E-state index in [9.17, 15) is 0 Å². The van der Waals surface area contributed by atoms with Gasteiger partial charge in [0, 0.05) is 18.9 Å². The second-order valence-electron chi connectivity index (χ2n) is 5.87.